The van der Waals surface area contributed by atoms with Crippen LogP contribution in [0.25, 0.3) is 10.8 Å². The number of hydrogen-bond acceptors (Lipinski definition) is 3. The molecule has 4 heteroatoms. The van der Waals surface area contributed by atoms with Crippen LogP contribution in [-0.4, -0.2) is 36.5 Å². The van der Waals surface area contributed by atoms with Crippen LogP contribution in [0, 0.1) is 11.8 Å². The first-order valence-electron chi connectivity index (χ1n) is 8.36. The van der Waals surface area contributed by atoms with Crippen molar-refractivity contribution in [1.82, 2.24) is 4.90 Å². The normalized spacial score (nSPS) is 26.5. The maximum atomic E-state index is 12.5. The zero-order valence-electron chi connectivity index (χ0n) is 13.2. The summed E-state index contributed by atoms with van der Waals surface area (Å²) in [4.78, 5) is 14.4. The van der Waals surface area contributed by atoms with Crippen LogP contribution in [0.4, 0.5) is 0 Å². The van der Waals surface area contributed by atoms with Crippen molar-refractivity contribution < 1.29 is 9.53 Å². The van der Waals surface area contributed by atoms with Gasteiger partial charge in [-0.2, -0.15) is 0 Å². The van der Waals surface area contributed by atoms with Crippen LogP contribution in [0.2, 0.25) is 0 Å². The molecule has 1 amide bonds. The Balaban J connectivity index is 1.42. The summed E-state index contributed by atoms with van der Waals surface area (Å²) in [7, 11) is 0. The molecule has 4 rings (SSSR count). The lowest BCUT2D eigenvalue weighted by Crippen LogP contribution is -2.36. The van der Waals surface area contributed by atoms with Gasteiger partial charge >= 0.3 is 0 Å². The Labute approximate surface area is 136 Å². The quantitative estimate of drug-likeness (QED) is 0.947. The molecule has 2 aromatic rings. The van der Waals surface area contributed by atoms with E-state index in [9.17, 15) is 4.79 Å². The van der Waals surface area contributed by atoms with Crippen LogP contribution in [0.5, 0.6) is 5.75 Å². The molecule has 1 saturated carbocycles. The van der Waals surface area contributed by atoms with Gasteiger partial charge in [-0.1, -0.05) is 36.4 Å². The second kappa shape index (κ2) is 5.85. The van der Waals surface area contributed by atoms with Gasteiger partial charge in [0.05, 0.1) is 0 Å². The Kier molecular flexibility index (Phi) is 3.69. The smallest absolute Gasteiger partial charge is 0.260 e. The summed E-state index contributed by atoms with van der Waals surface area (Å²) in [6, 6.07) is 14.3. The molecule has 2 aromatic carbocycles. The van der Waals surface area contributed by atoms with E-state index in [0.717, 1.165) is 42.5 Å². The number of nitrogens with zero attached hydrogens (tertiary/aromatic N) is 1. The summed E-state index contributed by atoms with van der Waals surface area (Å²) in [5.41, 5.74) is 6.14. The number of amides is 1. The molecule has 0 aromatic heterocycles. The fourth-order valence-electron chi connectivity index (χ4n) is 4.06. The number of rotatable bonds is 3. The number of likely N-dealkylation sites (tertiary alicyclic amines) is 1. The number of hydrogen-bond donors (Lipinski definition) is 1. The van der Waals surface area contributed by atoms with Gasteiger partial charge in [-0.15, -0.1) is 0 Å². The molecular weight excluding hydrogens is 288 g/mol. The van der Waals surface area contributed by atoms with Gasteiger partial charge in [0.1, 0.15) is 5.75 Å². The highest BCUT2D eigenvalue weighted by Crippen LogP contribution is 2.37. The second-order valence-electron chi connectivity index (χ2n) is 6.73. The molecule has 1 saturated heterocycles. The first-order chi connectivity index (χ1) is 11.2. The standard InChI is InChI=1S/C19H22N2O2/c20-17-9-8-14-10-21(11-16(14)17)19(22)12-23-18-7-3-5-13-4-1-2-6-15(13)18/h1-7,14,16-17H,8-12,20H2. The van der Waals surface area contributed by atoms with E-state index in [4.69, 9.17) is 10.5 Å². The number of ether oxygens (including phenoxy) is 1. The van der Waals surface area contributed by atoms with Crippen molar-refractivity contribution in [3.05, 3.63) is 42.5 Å². The first-order valence-corrected chi connectivity index (χ1v) is 8.36. The van der Waals surface area contributed by atoms with Gasteiger partial charge in [-0.3, -0.25) is 4.79 Å². The Bertz CT molecular complexity index is 725. The van der Waals surface area contributed by atoms with Crippen molar-refractivity contribution >= 4 is 16.7 Å². The van der Waals surface area contributed by atoms with Gasteiger partial charge in [0.2, 0.25) is 0 Å². The molecule has 2 N–H and O–H groups in total. The maximum absolute atomic E-state index is 12.5. The maximum Gasteiger partial charge on any atom is 0.260 e. The summed E-state index contributed by atoms with van der Waals surface area (Å²) >= 11 is 0. The van der Waals surface area contributed by atoms with E-state index in [2.05, 4.69) is 0 Å². The molecule has 1 heterocycles. The van der Waals surface area contributed by atoms with Crippen molar-refractivity contribution in [1.29, 1.82) is 0 Å². The van der Waals surface area contributed by atoms with E-state index in [0.29, 0.717) is 11.8 Å². The fraction of sp³-hybridized carbons (Fsp3) is 0.421. The fourth-order valence-corrected chi connectivity index (χ4v) is 4.06. The Morgan fingerprint density at radius 1 is 1.13 bits per heavy atom. The Morgan fingerprint density at radius 2 is 1.96 bits per heavy atom. The molecule has 3 atom stereocenters. The highest BCUT2D eigenvalue weighted by molar-refractivity contribution is 5.88. The predicted molar refractivity (Wildman–Crippen MR) is 90.2 cm³/mol. The van der Waals surface area contributed by atoms with Crippen LogP contribution in [0.1, 0.15) is 12.8 Å². The zero-order valence-corrected chi connectivity index (χ0v) is 13.2. The van der Waals surface area contributed by atoms with E-state index in [1.54, 1.807) is 0 Å². The van der Waals surface area contributed by atoms with Crippen LogP contribution in [-0.2, 0) is 4.79 Å². The zero-order chi connectivity index (χ0) is 15.8. The summed E-state index contributed by atoms with van der Waals surface area (Å²) in [6.45, 7) is 1.74. The molecule has 2 fully saturated rings. The molecular formula is C19H22N2O2. The van der Waals surface area contributed by atoms with Crippen molar-refractivity contribution in [3.8, 4) is 5.75 Å². The Morgan fingerprint density at radius 3 is 2.83 bits per heavy atom. The molecule has 0 spiro atoms. The molecule has 4 nitrogen and oxygen atoms in total. The third-order valence-corrected chi connectivity index (χ3v) is 5.37. The number of benzene rings is 2. The van der Waals surface area contributed by atoms with Gasteiger partial charge in [0.25, 0.3) is 5.91 Å². The minimum Gasteiger partial charge on any atom is -0.483 e. The lowest BCUT2D eigenvalue weighted by atomic mass is 9.98. The van der Waals surface area contributed by atoms with E-state index in [1.165, 1.54) is 0 Å². The first kappa shape index (κ1) is 14.5. The largest absolute Gasteiger partial charge is 0.483 e. The van der Waals surface area contributed by atoms with Gasteiger partial charge < -0.3 is 15.4 Å². The lowest BCUT2D eigenvalue weighted by Gasteiger charge is -2.19. The third kappa shape index (κ3) is 2.68. The lowest BCUT2D eigenvalue weighted by molar-refractivity contribution is -0.132. The van der Waals surface area contributed by atoms with Crippen molar-refractivity contribution in [2.45, 2.75) is 18.9 Å². The molecule has 0 bridgehead atoms. The van der Waals surface area contributed by atoms with Gasteiger partial charge in [-0.05, 0) is 36.1 Å². The highest BCUT2D eigenvalue weighted by atomic mass is 16.5. The number of nitrogens with two attached hydrogens (primary N) is 1. The molecule has 3 unspecified atom stereocenters. The SMILES string of the molecule is NC1CCC2CN(C(=O)COc3cccc4ccccc34)CC12. The van der Waals surface area contributed by atoms with Gasteiger partial charge in [0, 0.05) is 24.5 Å². The second-order valence-corrected chi connectivity index (χ2v) is 6.73. The highest BCUT2D eigenvalue weighted by Gasteiger charge is 2.42. The monoisotopic (exact) mass is 310 g/mol. The van der Waals surface area contributed by atoms with Crippen molar-refractivity contribution in [3.63, 3.8) is 0 Å². The minimum atomic E-state index is 0.0690. The van der Waals surface area contributed by atoms with E-state index in [1.807, 2.05) is 47.4 Å². The third-order valence-electron chi connectivity index (χ3n) is 5.37. The van der Waals surface area contributed by atoms with Crippen LogP contribution in [0.15, 0.2) is 42.5 Å². The Hall–Kier alpha value is -2.07. The molecule has 23 heavy (non-hydrogen) atoms. The van der Waals surface area contributed by atoms with Gasteiger partial charge in [-0.25, -0.2) is 0 Å². The average molecular weight is 310 g/mol. The average Bonchev–Trinajstić information content (AvgIpc) is 3.15. The summed E-state index contributed by atoms with van der Waals surface area (Å²) < 4.78 is 5.82. The topological polar surface area (TPSA) is 55.6 Å². The van der Waals surface area contributed by atoms with E-state index >= 15 is 0 Å². The van der Waals surface area contributed by atoms with Crippen LogP contribution in [0.3, 0.4) is 0 Å². The number of carbonyl (C=O) groups is 1. The van der Waals surface area contributed by atoms with E-state index < -0.39 is 0 Å². The predicted octanol–water partition coefficient (Wildman–Crippen LogP) is 2.41. The van der Waals surface area contributed by atoms with Crippen molar-refractivity contribution in [2.75, 3.05) is 19.7 Å². The molecule has 1 aliphatic carbocycles. The molecule has 2 aliphatic rings. The molecule has 0 radical (unpaired) electrons. The molecule has 120 valence electrons. The number of carbonyl (C=O) groups excluding carboxylic acids is 1. The van der Waals surface area contributed by atoms with Crippen LogP contribution >= 0.6 is 0 Å². The summed E-state index contributed by atoms with van der Waals surface area (Å²) in [5.74, 6) is 1.91. The number of fused-ring (bicyclic) bond motifs is 2. The van der Waals surface area contributed by atoms with E-state index in [-0.39, 0.29) is 18.6 Å². The van der Waals surface area contributed by atoms with Crippen LogP contribution < -0.4 is 10.5 Å². The van der Waals surface area contributed by atoms with Crippen molar-refractivity contribution in [2.24, 2.45) is 17.6 Å². The van der Waals surface area contributed by atoms with Gasteiger partial charge in [0.15, 0.2) is 6.61 Å². The molecule has 1 aliphatic heterocycles. The summed E-state index contributed by atoms with van der Waals surface area (Å²) in [6.07, 6.45) is 2.25. The summed E-state index contributed by atoms with van der Waals surface area (Å²) in [5, 5.41) is 2.17. The minimum absolute atomic E-state index is 0.0690.